The quantitative estimate of drug-likeness (QED) is 0.924. The summed E-state index contributed by atoms with van der Waals surface area (Å²) in [5.41, 5.74) is 2.56. The van der Waals surface area contributed by atoms with Crippen LogP contribution in [0, 0.1) is 12.3 Å². The van der Waals surface area contributed by atoms with E-state index in [1.54, 1.807) is 12.1 Å². The van der Waals surface area contributed by atoms with Gasteiger partial charge in [0.15, 0.2) is 0 Å². The highest BCUT2D eigenvalue weighted by atomic mass is 16.4. The second-order valence-electron chi connectivity index (χ2n) is 5.96. The Morgan fingerprint density at radius 1 is 1.45 bits per heavy atom. The highest BCUT2D eigenvalue weighted by molar-refractivity contribution is 5.92. The molecule has 1 aromatic heterocycles. The van der Waals surface area contributed by atoms with Gasteiger partial charge in [-0.05, 0) is 49.8 Å². The first-order chi connectivity index (χ1) is 9.54. The molecule has 1 aliphatic rings. The van der Waals surface area contributed by atoms with Crippen LogP contribution in [0.25, 0.3) is 11.0 Å². The van der Waals surface area contributed by atoms with Crippen molar-refractivity contribution in [1.29, 1.82) is 0 Å². The first kappa shape index (κ1) is 13.2. The molecule has 20 heavy (non-hydrogen) atoms. The van der Waals surface area contributed by atoms with Crippen molar-refractivity contribution in [1.82, 2.24) is 9.55 Å². The second-order valence-corrected chi connectivity index (χ2v) is 5.96. The fourth-order valence-corrected chi connectivity index (χ4v) is 3.22. The molecule has 3 rings (SSSR count). The summed E-state index contributed by atoms with van der Waals surface area (Å²) in [7, 11) is 0. The molecule has 0 saturated heterocycles. The zero-order valence-electron chi connectivity index (χ0n) is 12.0. The zero-order valence-corrected chi connectivity index (χ0v) is 12.0. The molecule has 0 amide bonds. The highest BCUT2D eigenvalue weighted by Crippen LogP contribution is 2.45. The molecule has 1 N–H and O–H groups in total. The second kappa shape index (κ2) is 4.62. The van der Waals surface area contributed by atoms with Gasteiger partial charge in [-0.25, -0.2) is 9.78 Å². The number of rotatable bonds is 4. The normalized spacial score (nSPS) is 17.1. The van der Waals surface area contributed by atoms with Gasteiger partial charge in [-0.3, -0.25) is 0 Å². The van der Waals surface area contributed by atoms with Crippen LogP contribution in [-0.4, -0.2) is 20.6 Å². The van der Waals surface area contributed by atoms with Crippen LogP contribution in [0.1, 0.15) is 48.8 Å². The van der Waals surface area contributed by atoms with Crippen LogP contribution in [0.15, 0.2) is 18.2 Å². The minimum Gasteiger partial charge on any atom is -0.478 e. The Kier molecular flexibility index (Phi) is 3.04. The van der Waals surface area contributed by atoms with E-state index in [0.29, 0.717) is 11.0 Å². The van der Waals surface area contributed by atoms with Gasteiger partial charge >= 0.3 is 5.97 Å². The Morgan fingerprint density at radius 3 is 2.75 bits per heavy atom. The minimum atomic E-state index is -0.900. The van der Waals surface area contributed by atoms with E-state index in [0.717, 1.165) is 23.4 Å². The maximum atomic E-state index is 11.0. The van der Waals surface area contributed by atoms with E-state index < -0.39 is 5.97 Å². The monoisotopic (exact) mass is 272 g/mol. The van der Waals surface area contributed by atoms with Crippen molar-refractivity contribution in [3.8, 4) is 0 Å². The predicted octanol–water partition coefficient (Wildman–Crippen LogP) is 3.62. The lowest BCUT2D eigenvalue weighted by atomic mass is 9.67. The van der Waals surface area contributed by atoms with Crippen LogP contribution in [-0.2, 0) is 6.54 Å². The molecule has 0 spiro atoms. The van der Waals surface area contributed by atoms with Gasteiger partial charge in [0.05, 0.1) is 16.6 Å². The SMILES string of the molecule is CCC1(Cn2c(C)nc3cc(C(=O)O)ccc32)CCC1. The number of nitrogens with zero attached hydrogens (tertiary/aromatic N) is 2. The summed E-state index contributed by atoms with van der Waals surface area (Å²) in [5.74, 6) is 0.0744. The van der Waals surface area contributed by atoms with E-state index in [-0.39, 0.29) is 0 Å². The summed E-state index contributed by atoms with van der Waals surface area (Å²) >= 11 is 0. The molecule has 1 fully saturated rings. The van der Waals surface area contributed by atoms with Crippen molar-refractivity contribution < 1.29 is 9.90 Å². The van der Waals surface area contributed by atoms with Crippen LogP contribution in [0.5, 0.6) is 0 Å². The largest absolute Gasteiger partial charge is 0.478 e. The number of hydrogen-bond acceptors (Lipinski definition) is 2. The number of hydrogen-bond donors (Lipinski definition) is 1. The summed E-state index contributed by atoms with van der Waals surface area (Å²) in [6.45, 7) is 5.26. The number of aromatic carboxylic acids is 1. The molecule has 1 aliphatic carbocycles. The maximum Gasteiger partial charge on any atom is 0.335 e. The van der Waals surface area contributed by atoms with Crippen molar-refractivity contribution in [2.45, 2.75) is 46.1 Å². The van der Waals surface area contributed by atoms with Crippen LogP contribution in [0.4, 0.5) is 0 Å². The molecule has 0 unspecified atom stereocenters. The Hall–Kier alpha value is -1.84. The number of aryl methyl sites for hydroxylation is 1. The fourth-order valence-electron chi connectivity index (χ4n) is 3.22. The van der Waals surface area contributed by atoms with E-state index >= 15 is 0 Å². The molecule has 1 saturated carbocycles. The molecular weight excluding hydrogens is 252 g/mol. The van der Waals surface area contributed by atoms with Gasteiger partial charge in [-0.2, -0.15) is 0 Å². The number of carbonyl (C=O) groups is 1. The lowest BCUT2D eigenvalue weighted by Gasteiger charge is -2.42. The molecule has 1 heterocycles. The van der Waals surface area contributed by atoms with Crippen molar-refractivity contribution in [2.75, 3.05) is 0 Å². The number of carboxylic acids is 1. The molecule has 4 nitrogen and oxygen atoms in total. The Balaban J connectivity index is 2.02. The molecule has 106 valence electrons. The van der Waals surface area contributed by atoms with Gasteiger partial charge in [0.1, 0.15) is 5.82 Å². The summed E-state index contributed by atoms with van der Waals surface area (Å²) in [6.07, 6.45) is 5.09. The first-order valence-electron chi connectivity index (χ1n) is 7.25. The average Bonchev–Trinajstić information content (AvgIpc) is 2.68. The van der Waals surface area contributed by atoms with Gasteiger partial charge in [0.25, 0.3) is 0 Å². The molecule has 0 aliphatic heterocycles. The van der Waals surface area contributed by atoms with E-state index in [1.165, 1.54) is 25.7 Å². The van der Waals surface area contributed by atoms with Crippen LogP contribution < -0.4 is 0 Å². The summed E-state index contributed by atoms with van der Waals surface area (Å²) < 4.78 is 2.25. The van der Waals surface area contributed by atoms with Gasteiger partial charge in [0.2, 0.25) is 0 Å². The molecule has 4 heteroatoms. The van der Waals surface area contributed by atoms with Crippen LogP contribution in [0.2, 0.25) is 0 Å². The smallest absolute Gasteiger partial charge is 0.335 e. The third-order valence-electron chi connectivity index (χ3n) is 4.84. The lowest BCUT2D eigenvalue weighted by molar-refractivity contribution is 0.0697. The number of aromatic nitrogens is 2. The van der Waals surface area contributed by atoms with Crippen molar-refractivity contribution in [3.05, 3.63) is 29.6 Å². The van der Waals surface area contributed by atoms with E-state index in [2.05, 4.69) is 16.5 Å². The third-order valence-corrected chi connectivity index (χ3v) is 4.84. The molecule has 1 aromatic carbocycles. The highest BCUT2D eigenvalue weighted by Gasteiger charge is 2.36. The molecule has 2 aromatic rings. The Labute approximate surface area is 118 Å². The Bertz CT molecular complexity index is 663. The van der Waals surface area contributed by atoms with E-state index in [9.17, 15) is 4.79 Å². The number of imidazole rings is 1. The van der Waals surface area contributed by atoms with Gasteiger partial charge < -0.3 is 9.67 Å². The number of carboxylic acid groups (broad SMARTS) is 1. The van der Waals surface area contributed by atoms with Gasteiger partial charge in [-0.15, -0.1) is 0 Å². The van der Waals surface area contributed by atoms with E-state index in [1.807, 2.05) is 13.0 Å². The zero-order chi connectivity index (χ0) is 14.3. The van der Waals surface area contributed by atoms with Crippen molar-refractivity contribution in [3.63, 3.8) is 0 Å². The van der Waals surface area contributed by atoms with Gasteiger partial charge in [0, 0.05) is 6.54 Å². The lowest BCUT2D eigenvalue weighted by Crippen LogP contribution is -2.33. The van der Waals surface area contributed by atoms with Crippen LogP contribution in [0.3, 0.4) is 0 Å². The molecule has 0 radical (unpaired) electrons. The molecule has 0 atom stereocenters. The van der Waals surface area contributed by atoms with Gasteiger partial charge in [-0.1, -0.05) is 13.3 Å². The van der Waals surface area contributed by atoms with E-state index in [4.69, 9.17) is 5.11 Å². The minimum absolute atomic E-state index is 0.302. The third kappa shape index (κ3) is 1.99. The number of benzene rings is 1. The maximum absolute atomic E-state index is 11.0. The Morgan fingerprint density at radius 2 is 2.20 bits per heavy atom. The van der Waals surface area contributed by atoms with Crippen molar-refractivity contribution in [2.24, 2.45) is 5.41 Å². The van der Waals surface area contributed by atoms with Crippen molar-refractivity contribution >= 4 is 17.0 Å². The fraction of sp³-hybridized carbons (Fsp3) is 0.500. The first-order valence-corrected chi connectivity index (χ1v) is 7.25. The summed E-state index contributed by atoms with van der Waals surface area (Å²) in [4.78, 5) is 15.6. The molecule has 0 bridgehead atoms. The number of fused-ring (bicyclic) bond motifs is 1. The standard InChI is InChI=1S/C16H20N2O2/c1-3-16(7-4-8-16)10-18-11(2)17-13-9-12(15(19)20)5-6-14(13)18/h5-6,9H,3-4,7-8,10H2,1-2H3,(H,19,20). The summed E-state index contributed by atoms with van der Waals surface area (Å²) in [5, 5.41) is 9.06. The molecular formula is C16H20N2O2. The predicted molar refractivity (Wildman–Crippen MR) is 78.0 cm³/mol. The average molecular weight is 272 g/mol. The summed E-state index contributed by atoms with van der Waals surface area (Å²) in [6, 6.07) is 5.23. The van der Waals surface area contributed by atoms with Crippen LogP contribution >= 0.6 is 0 Å². The topological polar surface area (TPSA) is 55.1 Å².